The number of nitrogens with zero attached hydrogens (tertiary/aromatic N) is 2. The number of nitrogens with two attached hydrogens (primary N) is 1. The van der Waals surface area contributed by atoms with E-state index in [-0.39, 0.29) is 17.4 Å². The first-order chi connectivity index (χ1) is 10.6. The monoisotopic (exact) mass is 317 g/mol. The first-order valence-corrected chi connectivity index (χ1v) is 7.45. The van der Waals surface area contributed by atoms with Crippen LogP contribution in [-0.2, 0) is 4.79 Å². The summed E-state index contributed by atoms with van der Waals surface area (Å²) in [5.41, 5.74) is 7.70. The average Bonchev–Trinajstić information content (AvgIpc) is 2.79. The van der Waals surface area contributed by atoms with Crippen molar-refractivity contribution in [3.63, 3.8) is 0 Å². The first kappa shape index (κ1) is 16.8. The van der Waals surface area contributed by atoms with Gasteiger partial charge < -0.3 is 16.4 Å². The van der Waals surface area contributed by atoms with Crippen LogP contribution >= 0.6 is 0 Å². The van der Waals surface area contributed by atoms with E-state index >= 15 is 0 Å². The van der Waals surface area contributed by atoms with Crippen LogP contribution in [0.3, 0.4) is 0 Å². The molecule has 0 spiro atoms. The number of anilines is 2. The summed E-state index contributed by atoms with van der Waals surface area (Å²) >= 11 is 0. The van der Waals surface area contributed by atoms with Gasteiger partial charge in [-0.05, 0) is 18.4 Å². The number of nitrogens with one attached hydrogen (secondary N) is 2. The van der Waals surface area contributed by atoms with Crippen LogP contribution in [0, 0.1) is 5.41 Å². The van der Waals surface area contributed by atoms with Crippen molar-refractivity contribution >= 4 is 28.7 Å². The summed E-state index contributed by atoms with van der Waals surface area (Å²) in [6, 6.07) is 1.85. The molecule has 0 aliphatic rings. The first-order valence-electron chi connectivity index (χ1n) is 7.45. The van der Waals surface area contributed by atoms with Crippen LogP contribution < -0.4 is 16.4 Å². The molecule has 2 heterocycles. The maximum absolute atomic E-state index is 11.7. The maximum Gasteiger partial charge on any atom is 0.252 e. The molecule has 124 valence electrons. The zero-order valence-electron chi connectivity index (χ0n) is 14.1. The van der Waals surface area contributed by atoms with Gasteiger partial charge in [-0.2, -0.15) is 5.10 Å². The Bertz CT molecular complexity index is 758. The summed E-state index contributed by atoms with van der Waals surface area (Å²) in [5, 5.41) is 10.3. The van der Waals surface area contributed by atoms with Gasteiger partial charge in [0.1, 0.15) is 0 Å². The van der Waals surface area contributed by atoms with E-state index in [1.165, 1.54) is 13.1 Å². The molecule has 0 fully saturated rings. The number of hydrogen-bond donors (Lipinski definition) is 3. The molecule has 0 aliphatic carbocycles. The lowest BCUT2D eigenvalue weighted by Gasteiger charge is -2.29. The average molecular weight is 317 g/mol. The van der Waals surface area contributed by atoms with Crippen LogP contribution in [0.4, 0.5) is 11.4 Å². The molecule has 7 nitrogen and oxygen atoms in total. The molecular weight excluding hydrogens is 294 g/mol. The summed E-state index contributed by atoms with van der Waals surface area (Å²) in [6.07, 6.45) is 3.12. The van der Waals surface area contributed by atoms with Crippen molar-refractivity contribution in [1.29, 1.82) is 0 Å². The molecule has 2 rings (SSSR count). The molecule has 0 aromatic carbocycles. The maximum atomic E-state index is 11.7. The quantitative estimate of drug-likeness (QED) is 0.804. The molecule has 2 aromatic rings. The largest absolute Gasteiger partial charge is 0.380 e. The molecule has 2 amide bonds. The second-order valence-electron chi connectivity index (χ2n) is 6.77. The number of rotatable bonds is 4. The third-order valence-corrected chi connectivity index (χ3v) is 3.88. The van der Waals surface area contributed by atoms with Crippen LogP contribution in [0.2, 0.25) is 0 Å². The molecule has 7 heteroatoms. The number of carbonyl (C=O) groups is 2. The minimum absolute atomic E-state index is 0.0117. The third-order valence-electron chi connectivity index (χ3n) is 3.88. The Morgan fingerprint density at radius 2 is 2.00 bits per heavy atom. The van der Waals surface area contributed by atoms with Crippen molar-refractivity contribution < 1.29 is 9.59 Å². The van der Waals surface area contributed by atoms with E-state index in [1.54, 1.807) is 16.8 Å². The van der Waals surface area contributed by atoms with Crippen molar-refractivity contribution in [2.75, 3.05) is 10.6 Å². The number of aromatic nitrogens is 2. The molecule has 1 atom stereocenters. The highest BCUT2D eigenvalue weighted by molar-refractivity contribution is 6.02. The van der Waals surface area contributed by atoms with Gasteiger partial charge in [-0.15, -0.1) is 0 Å². The summed E-state index contributed by atoms with van der Waals surface area (Å²) in [5.74, 6) is -0.723. The van der Waals surface area contributed by atoms with Crippen molar-refractivity contribution in [3.05, 3.63) is 24.0 Å². The van der Waals surface area contributed by atoms with Crippen LogP contribution in [0.1, 0.15) is 45.0 Å². The van der Waals surface area contributed by atoms with Gasteiger partial charge in [0.25, 0.3) is 5.91 Å². The SMILES string of the molecule is CC(=O)Nc1cc2c(NC(C)C(C)(C)C)c(C(N)=O)cnn2c1. The van der Waals surface area contributed by atoms with Gasteiger partial charge in [0.2, 0.25) is 5.91 Å². The molecule has 4 N–H and O–H groups in total. The van der Waals surface area contributed by atoms with Gasteiger partial charge >= 0.3 is 0 Å². The summed E-state index contributed by atoms with van der Waals surface area (Å²) < 4.78 is 1.61. The Hall–Kier alpha value is -2.57. The highest BCUT2D eigenvalue weighted by atomic mass is 16.1. The van der Waals surface area contributed by atoms with Crippen molar-refractivity contribution in [1.82, 2.24) is 9.61 Å². The predicted octanol–water partition coefficient (Wildman–Crippen LogP) is 2.24. The predicted molar refractivity (Wildman–Crippen MR) is 90.6 cm³/mol. The lowest BCUT2D eigenvalue weighted by Crippen LogP contribution is -2.32. The lowest BCUT2D eigenvalue weighted by molar-refractivity contribution is -0.114. The fourth-order valence-corrected chi connectivity index (χ4v) is 2.10. The molecule has 2 aromatic heterocycles. The van der Waals surface area contributed by atoms with Gasteiger partial charge in [0.05, 0.1) is 34.8 Å². The molecule has 0 radical (unpaired) electrons. The van der Waals surface area contributed by atoms with Crippen molar-refractivity contribution in [2.45, 2.75) is 40.7 Å². The van der Waals surface area contributed by atoms with Gasteiger partial charge in [0.15, 0.2) is 0 Å². The van der Waals surface area contributed by atoms with E-state index < -0.39 is 5.91 Å². The van der Waals surface area contributed by atoms with E-state index in [0.717, 1.165) is 0 Å². The smallest absolute Gasteiger partial charge is 0.252 e. The highest BCUT2D eigenvalue weighted by Gasteiger charge is 2.23. The number of amides is 2. The van der Waals surface area contributed by atoms with Crippen LogP contribution in [0.5, 0.6) is 0 Å². The summed E-state index contributed by atoms with van der Waals surface area (Å²) in [4.78, 5) is 23.0. The number of carbonyl (C=O) groups excluding carboxylic acids is 2. The van der Waals surface area contributed by atoms with Crippen molar-refractivity contribution in [3.8, 4) is 0 Å². The van der Waals surface area contributed by atoms with Gasteiger partial charge in [-0.25, -0.2) is 4.52 Å². The van der Waals surface area contributed by atoms with Gasteiger partial charge in [-0.3, -0.25) is 9.59 Å². The Kier molecular flexibility index (Phi) is 4.31. The number of hydrogen-bond acceptors (Lipinski definition) is 4. The minimum atomic E-state index is -0.550. The fraction of sp³-hybridized carbons (Fsp3) is 0.438. The van der Waals surface area contributed by atoms with E-state index in [0.29, 0.717) is 22.5 Å². The molecule has 0 saturated heterocycles. The highest BCUT2D eigenvalue weighted by Crippen LogP contribution is 2.29. The third kappa shape index (κ3) is 3.61. The fourth-order valence-electron chi connectivity index (χ4n) is 2.10. The number of fused-ring (bicyclic) bond motifs is 1. The Morgan fingerprint density at radius 1 is 1.35 bits per heavy atom. The second kappa shape index (κ2) is 5.91. The van der Waals surface area contributed by atoms with Gasteiger partial charge in [-0.1, -0.05) is 20.8 Å². The zero-order chi connectivity index (χ0) is 17.4. The minimum Gasteiger partial charge on any atom is -0.380 e. The van der Waals surface area contributed by atoms with Crippen LogP contribution in [-0.4, -0.2) is 27.5 Å². The normalized spacial score (nSPS) is 12.9. The standard InChI is InChI=1S/C16H23N5O2/c1-9(16(3,4)5)19-14-12(15(17)23)7-18-21-8-11(6-13(14)21)20-10(2)22/h6-9,19H,1-5H3,(H2,17,23)(H,20,22). The Balaban J connectivity index is 2.56. The topological polar surface area (TPSA) is 102 Å². The van der Waals surface area contributed by atoms with Crippen LogP contribution in [0.25, 0.3) is 5.52 Å². The van der Waals surface area contributed by atoms with E-state index in [9.17, 15) is 9.59 Å². The summed E-state index contributed by atoms with van der Waals surface area (Å²) in [7, 11) is 0. The molecule has 0 saturated carbocycles. The molecule has 0 bridgehead atoms. The van der Waals surface area contributed by atoms with E-state index in [4.69, 9.17) is 5.73 Å². The van der Waals surface area contributed by atoms with E-state index in [2.05, 4.69) is 36.5 Å². The molecular formula is C16H23N5O2. The zero-order valence-corrected chi connectivity index (χ0v) is 14.1. The van der Waals surface area contributed by atoms with Crippen LogP contribution in [0.15, 0.2) is 18.5 Å². The van der Waals surface area contributed by atoms with Gasteiger partial charge in [0, 0.05) is 13.0 Å². The number of primary amides is 1. The Morgan fingerprint density at radius 3 is 2.52 bits per heavy atom. The molecule has 0 aliphatic heterocycles. The lowest BCUT2D eigenvalue weighted by atomic mass is 9.88. The second-order valence-corrected chi connectivity index (χ2v) is 6.77. The van der Waals surface area contributed by atoms with Crippen molar-refractivity contribution in [2.24, 2.45) is 11.1 Å². The van der Waals surface area contributed by atoms with E-state index in [1.807, 2.05) is 6.92 Å². The molecule has 23 heavy (non-hydrogen) atoms. The molecule has 1 unspecified atom stereocenters. The Labute approximate surface area is 135 Å². The summed E-state index contributed by atoms with van der Waals surface area (Å²) in [6.45, 7) is 9.79.